The second kappa shape index (κ2) is 5.24. The van der Waals surface area contributed by atoms with Crippen LogP contribution in [0.3, 0.4) is 0 Å². The Balaban J connectivity index is 2.37. The molecular weight excluding hydrogens is 218 g/mol. The van der Waals surface area contributed by atoms with E-state index >= 15 is 0 Å². The van der Waals surface area contributed by atoms with E-state index in [1.54, 1.807) is 23.1 Å². The van der Waals surface area contributed by atoms with Gasteiger partial charge < -0.3 is 5.11 Å². The van der Waals surface area contributed by atoms with Crippen molar-refractivity contribution in [1.82, 2.24) is 14.5 Å². The fourth-order valence-electron chi connectivity index (χ4n) is 0.976. The second-order valence-corrected chi connectivity index (χ2v) is 5.39. The first kappa shape index (κ1) is 12.2. The first-order valence-electron chi connectivity index (χ1n) is 4.63. The zero-order valence-corrected chi connectivity index (χ0v) is 9.31. The topological polar surface area (TPSA) is 84.2 Å². The van der Waals surface area contributed by atoms with Crippen LogP contribution in [0, 0.1) is 0 Å². The molecular formula is C8H15N3O3S. The van der Waals surface area contributed by atoms with Crippen LogP contribution < -0.4 is 4.72 Å². The minimum absolute atomic E-state index is 0.272. The van der Waals surface area contributed by atoms with Crippen molar-refractivity contribution < 1.29 is 13.5 Å². The van der Waals surface area contributed by atoms with Crippen molar-refractivity contribution in [1.29, 1.82) is 0 Å². The zero-order chi connectivity index (χ0) is 11.3. The third-order valence-corrected chi connectivity index (χ3v) is 3.81. The van der Waals surface area contributed by atoms with Crippen LogP contribution in [0.4, 0.5) is 0 Å². The number of nitrogens with zero attached hydrogens (tertiary/aromatic N) is 2. The molecule has 7 heteroatoms. The lowest BCUT2D eigenvalue weighted by Crippen LogP contribution is -2.36. The van der Waals surface area contributed by atoms with Crippen LogP contribution in [0.15, 0.2) is 18.5 Å². The van der Waals surface area contributed by atoms with Crippen LogP contribution in [0.2, 0.25) is 0 Å². The standard InChI is InChI=1S/C8H15N3O3S/c1-8(7-12)15(13,14)10-4-6-11-5-2-3-9-11/h2-3,5,8,10,12H,4,6-7H2,1H3. The summed E-state index contributed by atoms with van der Waals surface area (Å²) in [5, 5.41) is 11.9. The van der Waals surface area contributed by atoms with Crippen molar-refractivity contribution in [2.45, 2.75) is 18.7 Å². The Hall–Kier alpha value is -0.920. The Morgan fingerprint density at radius 2 is 2.33 bits per heavy atom. The van der Waals surface area contributed by atoms with Crippen molar-refractivity contribution >= 4 is 10.0 Å². The van der Waals surface area contributed by atoms with Gasteiger partial charge in [-0.15, -0.1) is 0 Å². The molecule has 0 radical (unpaired) electrons. The summed E-state index contributed by atoms with van der Waals surface area (Å²) in [5.74, 6) is 0. The third-order valence-electron chi connectivity index (χ3n) is 1.99. The molecule has 0 fully saturated rings. The van der Waals surface area contributed by atoms with Gasteiger partial charge in [0.25, 0.3) is 0 Å². The van der Waals surface area contributed by atoms with Gasteiger partial charge in [-0.3, -0.25) is 4.68 Å². The summed E-state index contributed by atoms with van der Waals surface area (Å²) in [6.45, 7) is 1.83. The van der Waals surface area contributed by atoms with E-state index in [4.69, 9.17) is 5.11 Å². The van der Waals surface area contributed by atoms with Gasteiger partial charge in [-0.25, -0.2) is 13.1 Å². The number of aliphatic hydroxyl groups is 1. The number of rotatable bonds is 6. The van der Waals surface area contributed by atoms with E-state index in [2.05, 4.69) is 9.82 Å². The minimum Gasteiger partial charge on any atom is -0.395 e. The highest BCUT2D eigenvalue weighted by Crippen LogP contribution is 1.96. The Labute approximate surface area is 89.0 Å². The molecule has 0 aromatic carbocycles. The molecule has 0 aliphatic carbocycles. The molecule has 1 aromatic heterocycles. The lowest BCUT2D eigenvalue weighted by molar-refractivity contribution is 0.294. The van der Waals surface area contributed by atoms with E-state index in [1.165, 1.54) is 6.92 Å². The lowest BCUT2D eigenvalue weighted by atomic mass is 10.5. The van der Waals surface area contributed by atoms with Crippen LogP contribution in [0.25, 0.3) is 0 Å². The molecule has 0 saturated heterocycles. The molecule has 0 spiro atoms. The largest absolute Gasteiger partial charge is 0.395 e. The smallest absolute Gasteiger partial charge is 0.216 e. The number of hydrogen-bond donors (Lipinski definition) is 2. The van der Waals surface area contributed by atoms with Crippen molar-refractivity contribution in [3.63, 3.8) is 0 Å². The summed E-state index contributed by atoms with van der Waals surface area (Å²) >= 11 is 0. The van der Waals surface area contributed by atoms with Gasteiger partial charge in [0.1, 0.15) is 0 Å². The first-order valence-corrected chi connectivity index (χ1v) is 6.17. The summed E-state index contributed by atoms with van der Waals surface area (Å²) in [6.07, 6.45) is 3.38. The van der Waals surface area contributed by atoms with Gasteiger partial charge in [0, 0.05) is 18.9 Å². The van der Waals surface area contributed by atoms with Crippen LogP contribution in [-0.2, 0) is 16.6 Å². The Kier molecular flexibility index (Phi) is 4.25. The normalized spacial score (nSPS) is 14.0. The fraction of sp³-hybridized carbons (Fsp3) is 0.625. The molecule has 0 saturated carbocycles. The van der Waals surface area contributed by atoms with Gasteiger partial charge in [-0.1, -0.05) is 0 Å². The Morgan fingerprint density at radius 3 is 2.87 bits per heavy atom. The third kappa shape index (κ3) is 3.61. The molecule has 1 atom stereocenters. The molecule has 1 rings (SSSR count). The van der Waals surface area contributed by atoms with Crippen LogP contribution in [0.1, 0.15) is 6.92 Å². The van der Waals surface area contributed by atoms with E-state index in [0.717, 1.165) is 0 Å². The van der Waals surface area contributed by atoms with Gasteiger partial charge >= 0.3 is 0 Å². The van der Waals surface area contributed by atoms with Crippen LogP contribution >= 0.6 is 0 Å². The number of aliphatic hydroxyl groups excluding tert-OH is 1. The summed E-state index contributed by atoms with van der Waals surface area (Å²) in [5.41, 5.74) is 0. The molecule has 1 unspecified atom stereocenters. The van der Waals surface area contributed by atoms with E-state index < -0.39 is 15.3 Å². The molecule has 0 aliphatic rings. The predicted molar refractivity (Wildman–Crippen MR) is 55.7 cm³/mol. The Morgan fingerprint density at radius 1 is 1.60 bits per heavy atom. The zero-order valence-electron chi connectivity index (χ0n) is 8.50. The van der Waals surface area contributed by atoms with Gasteiger partial charge in [0.2, 0.25) is 10.0 Å². The van der Waals surface area contributed by atoms with E-state index in [0.29, 0.717) is 6.54 Å². The summed E-state index contributed by atoms with van der Waals surface area (Å²) in [6, 6.07) is 1.77. The molecule has 86 valence electrons. The second-order valence-electron chi connectivity index (χ2n) is 3.20. The van der Waals surface area contributed by atoms with Gasteiger partial charge in [-0.2, -0.15) is 5.10 Å². The fourth-order valence-corrected chi connectivity index (χ4v) is 1.83. The number of hydrogen-bond acceptors (Lipinski definition) is 4. The molecule has 0 bridgehead atoms. The number of aromatic nitrogens is 2. The van der Waals surface area contributed by atoms with Crippen molar-refractivity contribution in [3.05, 3.63) is 18.5 Å². The van der Waals surface area contributed by atoms with E-state index in [9.17, 15) is 8.42 Å². The lowest BCUT2D eigenvalue weighted by Gasteiger charge is -2.11. The van der Waals surface area contributed by atoms with Gasteiger partial charge in [0.15, 0.2) is 0 Å². The SMILES string of the molecule is CC(CO)S(=O)(=O)NCCn1cccn1. The molecule has 0 aliphatic heterocycles. The Bertz CT molecular complexity index is 374. The van der Waals surface area contributed by atoms with Crippen molar-refractivity contribution in [2.75, 3.05) is 13.2 Å². The number of nitrogens with one attached hydrogen (secondary N) is 1. The highest BCUT2D eigenvalue weighted by Gasteiger charge is 2.18. The number of sulfonamides is 1. The average molecular weight is 233 g/mol. The van der Waals surface area contributed by atoms with E-state index in [-0.39, 0.29) is 13.2 Å². The first-order chi connectivity index (χ1) is 7.06. The molecule has 1 heterocycles. The molecule has 0 amide bonds. The molecule has 6 nitrogen and oxygen atoms in total. The highest BCUT2D eigenvalue weighted by atomic mass is 32.2. The summed E-state index contributed by atoms with van der Waals surface area (Å²) in [7, 11) is -3.40. The van der Waals surface area contributed by atoms with Gasteiger partial charge in [-0.05, 0) is 13.0 Å². The summed E-state index contributed by atoms with van der Waals surface area (Å²) in [4.78, 5) is 0. The quantitative estimate of drug-likeness (QED) is 0.672. The highest BCUT2D eigenvalue weighted by molar-refractivity contribution is 7.90. The van der Waals surface area contributed by atoms with E-state index in [1.807, 2.05) is 0 Å². The minimum atomic E-state index is -3.40. The van der Waals surface area contributed by atoms with Crippen molar-refractivity contribution in [3.8, 4) is 0 Å². The molecule has 1 aromatic rings. The maximum atomic E-state index is 11.4. The average Bonchev–Trinajstić information content (AvgIpc) is 2.69. The maximum Gasteiger partial charge on any atom is 0.216 e. The molecule has 15 heavy (non-hydrogen) atoms. The van der Waals surface area contributed by atoms with Crippen LogP contribution in [0.5, 0.6) is 0 Å². The monoisotopic (exact) mass is 233 g/mol. The summed E-state index contributed by atoms with van der Waals surface area (Å²) < 4.78 is 26.8. The van der Waals surface area contributed by atoms with Crippen molar-refractivity contribution in [2.24, 2.45) is 0 Å². The van der Waals surface area contributed by atoms with Gasteiger partial charge in [0.05, 0.1) is 18.4 Å². The van der Waals surface area contributed by atoms with Crippen LogP contribution in [-0.4, -0.2) is 41.7 Å². The predicted octanol–water partition coefficient (Wildman–Crippen LogP) is -0.817. The maximum absolute atomic E-state index is 11.4. The molecule has 2 N–H and O–H groups in total.